The fraction of sp³-hybridized carbons (Fsp3) is 0.308. The molecule has 1 aromatic heterocycles. The zero-order valence-electron chi connectivity index (χ0n) is 18.7. The summed E-state index contributed by atoms with van der Waals surface area (Å²) in [6.07, 6.45) is 0. The number of aryl methyl sites for hydroxylation is 1. The van der Waals surface area contributed by atoms with Gasteiger partial charge in [0.25, 0.3) is 0 Å². The van der Waals surface area contributed by atoms with Crippen LogP contribution in [0.3, 0.4) is 0 Å². The summed E-state index contributed by atoms with van der Waals surface area (Å²) < 4.78 is 0. The first kappa shape index (κ1) is 23.5. The maximum atomic E-state index is 11.3. The van der Waals surface area contributed by atoms with Gasteiger partial charge in [-0.15, -0.1) is 0 Å². The average molecular weight is 481 g/mol. The summed E-state index contributed by atoms with van der Waals surface area (Å²) in [4.78, 5) is 9.07. The highest BCUT2D eigenvalue weighted by Crippen LogP contribution is 2.36. The molecule has 0 saturated carbocycles. The van der Waals surface area contributed by atoms with Crippen LogP contribution in [0.5, 0.6) is 0 Å². The zero-order chi connectivity index (χ0) is 23.6. The normalized spacial score (nSPS) is 18.5. The van der Waals surface area contributed by atoms with E-state index in [1.54, 1.807) is 12.1 Å². The monoisotopic (exact) mass is 480 g/mol. The van der Waals surface area contributed by atoms with E-state index in [1.165, 1.54) is 0 Å². The van der Waals surface area contributed by atoms with Gasteiger partial charge in [-0.05, 0) is 61.9 Å². The predicted molar refractivity (Wildman–Crippen MR) is 133 cm³/mol. The van der Waals surface area contributed by atoms with Gasteiger partial charge >= 0.3 is 0 Å². The number of piperazine rings is 1. The van der Waals surface area contributed by atoms with Crippen LogP contribution in [-0.2, 0) is 5.60 Å². The van der Waals surface area contributed by atoms with E-state index in [-0.39, 0.29) is 6.04 Å². The molecule has 2 aromatic carbocycles. The lowest BCUT2D eigenvalue weighted by molar-refractivity contribution is 0.00667. The van der Waals surface area contributed by atoms with Crippen LogP contribution >= 0.6 is 23.2 Å². The molecule has 2 heterocycles. The number of nitrogens with zero attached hydrogens (tertiary/aromatic N) is 4. The highest BCUT2D eigenvalue weighted by Gasteiger charge is 2.34. The SMILES string of the molecule is Cc1cccc([C@](C)(O)CN2CCN(c3ccc(C#N)cc3Cl)[C@H](c3ccc(Cl)cc3)C2)n1. The Hall–Kier alpha value is -2.62. The molecule has 1 N–H and O–H groups in total. The molecule has 0 radical (unpaired) electrons. The standard InChI is InChI=1S/C26H26Cl2N4O/c1-18-4-3-5-25(30-18)26(2,33)17-31-12-13-32(23-11-6-19(15-29)14-22(23)28)24(16-31)20-7-9-21(27)10-8-20/h3-11,14,24,33H,12-13,16-17H2,1-2H3/t24-,26+/m0/s1. The van der Waals surface area contributed by atoms with Crippen molar-refractivity contribution in [3.05, 3.63) is 93.2 Å². The third-order valence-corrected chi connectivity index (χ3v) is 6.63. The van der Waals surface area contributed by atoms with Crippen molar-refractivity contribution in [2.75, 3.05) is 31.1 Å². The Morgan fingerprint density at radius 1 is 1.12 bits per heavy atom. The Labute approximate surface area is 204 Å². The molecule has 0 aliphatic carbocycles. The van der Waals surface area contributed by atoms with Crippen LogP contribution in [0.4, 0.5) is 5.69 Å². The van der Waals surface area contributed by atoms with Crippen molar-refractivity contribution >= 4 is 28.9 Å². The Bertz CT molecular complexity index is 1170. The number of pyridine rings is 1. The van der Waals surface area contributed by atoms with Crippen LogP contribution in [0, 0.1) is 18.3 Å². The Morgan fingerprint density at radius 2 is 1.88 bits per heavy atom. The molecule has 170 valence electrons. The van der Waals surface area contributed by atoms with Gasteiger partial charge in [0.15, 0.2) is 0 Å². The number of halogens is 2. The average Bonchev–Trinajstić information content (AvgIpc) is 2.79. The van der Waals surface area contributed by atoms with E-state index < -0.39 is 5.60 Å². The predicted octanol–water partition coefficient (Wildman–Crippen LogP) is 5.34. The van der Waals surface area contributed by atoms with Gasteiger partial charge in [0.2, 0.25) is 0 Å². The number of anilines is 1. The van der Waals surface area contributed by atoms with Gasteiger partial charge in [-0.2, -0.15) is 5.26 Å². The second-order valence-corrected chi connectivity index (χ2v) is 9.56. The van der Waals surface area contributed by atoms with Crippen molar-refractivity contribution in [1.29, 1.82) is 5.26 Å². The largest absolute Gasteiger partial charge is 0.382 e. The molecule has 4 rings (SSSR count). The number of aromatic nitrogens is 1. The van der Waals surface area contributed by atoms with E-state index >= 15 is 0 Å². The molecule has 1 fully saturated rings. The van der Waals surface area contributed by atoms with Crippen LogP contribution in [0.1, 0.15) is 35.5 Å². The van der Waals surface area contributed by atoms with Crippen molar-refractivity contribution in [3.8, 4) is 6.07 Å². The quantitative estimate of drug-likeness (QED) is 0.533. The third-order valence-electron chi connectivity index (χ3n) is 6.08. The van der Waals surface area contributed by atoms with Gasteiger partial charge in [0.05, 0.1) is 34.1 Å². The van der Waals surface area contributed by atoms with Gasteiger partial charge in [0.1, 0.15) is 5.60 Å². The highest BCUT2D eigenvalue weighted by molar-refractivity contribution is 6.33. The first-order valence-electron chi connectivity index (χ1n) is 10.9. The molecule has 33 heavy (non-hydrogen) atoms. The number of rotatable bonds is 5. The van der Waals surface area contributed by atoms with Gasteiger partial charge in [0, 0.05) is 36.9 Å². The number of aliphatic hydroxyl groups is 1. The molecule has 1 aliphatic heterocycles. The van der Waals surface area contributed by atoms with Crippen molar-refractivity contribution < 1.29 is 5.11 Å². The molecule has 7 heteroatoms. The van der Waals surface area contributed by atoms with Crippen LogP contribution in [0.2, 0.25) is 10.0 Å². The summed E-state index contributed by atoms with van der Waals surface area (Å²) >= 11 is 12.7. The summed E-state index contributed by atoms with van der Waals surface area (Å²) in [5.41, 5.74) is 3.01. The van der Waals surface area contributed by atoms with Gasteiger partial charge in [-0.25, -0.2) is 0 Å². The minimum Gasteiger partial charge on any atom is -0.382 e. The minimum atomic E-state index is -1.08. The second kappa shape index (κ2) is 9.70. The summed E-state index contributed by atoms with van der Waals surface area (Å²) in [5, 5.41) is 21.7. The molecular weight excluding hydrogens is 455 g/mol. The molecule has 1 aliphatic rings. The van der Waals surface area contributed by atoms with Gasteiger partial charge in [-0.3, -0.25) is 9.88 Å². The maximum Gasteiger partial charge on any atom is 0.116 e. The van der Waals surface area contributed by atoms with Gasteiger partial charge < -0.3 is 10.0 Å². The topological polar surface area (TPSA) is 63.4 Å². The summed E-state index contributed by atoms with van der Waals surface area (Å²) in [6.45, 7) is 6.37. The van der Waals surface area contributed by atoms with E-state index in [0.717, 1.165) is 30.0 Å². The summed E-state index contributed by atoms with van der Waals surface area (Å²) in [7, 11) is 0. The Kier molecular flexibility index (Phi) is 6.92. The summed E-state index contributed by atoms with van der Waals surface area (Å²) in [5.74, 6) is 0. The van der Waals surface area contributed by atoms with Crippen LogP contribution in [-0.4, -0.2) is 41.2 Å². The van der Waals surface area contributed by atoms with E-state index in [4.69, 9.17) is 23.2 Å². The first-order chi connectivity index (χ1) is 15.8. The molecule has 0 amide bonds. The lowest BCUT2D eigenvalue weighted by atomic mass is 9.97. The van der Waals surface area contributed by atoms with Crippen molar-refractivity contribution in [1.82, 2.24) is 9.88 Å². The van der Waals surface area contributed by atoms with Crippen LogP contribution < -0.4 is 4.90 Å². The van der Waals surface area contributed by atoms with E-state index in [1.807, 2.05) is 62.4 Å². The molecule has 3 aromatic rings. The number of hydrogen-bond acceptors (Lipinski definition) is 5. The number of nitriles is 1. The van der Waals surface area contributed by atoms with Crippen LogP contribution in [0.15, 0.2) is 60.7 Å². The smallest absolute Gasteiger partial charge is 0.116 e. The molecule has 0 bridgehead atoms. The molecule has 0 unspecified atom stereocenters. The lowest BCUT2D eigenvalue weighted by Gasteiger charge is -2.45. The molecule has 2 atom stereocenters. The number of benzene rings is 2. The molecule has 1 saturated heterocycles. The van der Waals surface area contributed by atoms with E-state index in [9.17, 15) is 10.4 Å². The van der Waals surface area contributed by atoms with Crippen molar-refractivity contribution in [2.24, 2.45) is 0 Å². The van der Waals surface area contributed by atoms with E-state index in [0.29, 0.717) is 34.4 Å². The van der Waals surface area contributed by atoms with E-state index in [2.05, 4.69) is 20.9 Å². The Morgan fingerprint density at radius 3 is 2.55 bits per heavy atom. The number of β-amino-alcohol motifs (C(OH)–C–C–N with tert-alkyl or cyclic N) is 1. The third kappa shape index (κ3) is 5.31. The summed E-state index contributed by atoms with van der Waals surface area (Å²) in [6, 6.07) is 21.1. The molecule has 0 spiro atoms. The van der Waals surface area contributed by atoms with Gasteiger partial charge in [-0.1, -0.05) is 41.4 Å². The first-order valence-corrected chi connectivity index (χ1v) is 11.6. The maximum absolute atomic E-state index is 11.3. The minimum absolute atomic E-state index is 0.00252. The molecular formula is C26H26Cl2N4O. The molecule has 5 nitrogen and oxygen atoms in total. The van der Waals surface area contributed by atoms with Crippen molar-refractivity contribution in [2.45, 2.75) is 25.5 Å². The Balaban J connectivity index is 1.62. The number of hydrogen-bond donors (Lipinski definition) is 1. The second-order valence-electron chi connectivity index (χ2n) is 8.71. The highest BCUT2D eigenvalue weighted by atomic mass is 35.5. The fourth-order valence-corrected chi connectivity index (χ4v) is 4.83. The lowest BCUT2D eigenvalue weighted by Crippen LogP contribution is -2.52. The fourth-order valence-electron chi connectivity index (χ4n) is 4.41. The van der Waals surface area contributed by atoms with Crippen molar-refractivity contribution in [3.63, 3.8) is 0 Å². The zero-order valence-corrected chi connectivity index (χ0v) is 20.2. The van der Waals surface area contributed by atoms with Crippen LogP contribution in [0.25, 0.3) is 0 Å².